The molecule has 45 heavy (non-hydrogen) atoms. The van der Waals surface area contributed by atoms with Gasteiger partial charge < -0.3 is 31.3 Å². The Labute approximate surface area is 269 Å². The summed E-state index contributed by atoms with van der Waals surface area (Å²) in [5.74, 6) is -0.670. The Bertz CT molecular complexity index is 1080. The van der Waals surface area contributed by atoms with Crippen LogP contribution in [0.3, 0.4) is 0 Å². The summed E-state index contributed by atoms with van der Waals surface area (Å²) in [6.45, 7) is 14.8. The molecule has 3 unspecified atom stereocenters. The molecule has 0 spiro atoms. The molecule has 5 N–H and O–H groups in total. The number of amides is 4. The first-order valence-electron chi connectivity index (χ1n) is 16.3. The number of ether oxygens (including phenoxy) is 1. The monoisotopic (exact) mass is 629 g/mol. The number of Topliss-reactive ketones (excluding diaryl/α,β-unsaturated/α-hetero) is 1. The van der Waals surface area contributed by atoms with Crippen LogP contribution in [0.4, 0.5) is 4.79 Å². The minimum absolute atomic E-state index is 0.0975. The molecule has 1 aliphatic heterocycles. The molecule has 4 atom stereocenters. The van der Waals surface area contributed by atoms with E-state index < -0.39 is 24.2 Å². The Morgan fingerprint density at radius 3 is 2.16 bits per heavy atom. The molecule has 1 aliphatic carbocycles. The smallest absolute Gasteiger partial charge is 0.408 e. The lowest BCUT2D eigenvalue weighted by Crippen LogP contribution is -2.55. The first kappa shape index (κ1) is 39.1. The minimum Gasteiger partial charge on any atom is -0.446 e. The number of likely N-dealkylation sites (tertiary alicyclic amines) is 1. The van der Waals surface area contributed by atoms with Gasteiger partial charge in [0.05, 0.1) is 6.04 Å². The molecule has 2 aliphatic rings. The van der Waals surface area contributed by atoms with Crippen molar-refractivity contribution in [1.82, 2.24) is 20.9 Å². The van der Waals surface area contributed by atoms with E-state index in [1.807, 2.05) is 51.1 Å². The van der Waals surface area contributed by atoms with Gasteiger partial charge in [0.25, 0.3) is 0 Å². The Kier molecular flexibility index (Phi) is 18.9. The van der Waals surface area contributed by atoms with Gasteiger partial charge in [-0.05, 0) is 56.4 Å². The van der Waals surface area contributed by atoms with E-state index in [9.17, 15) is 19.2 Å². The molecule has 1 saturated heterocycles. The van der Waals surface area contributed by atoms with Crippen LogP contribution >= 0.6 is 0 Å². The van der Waals surface area contributed by atoms with Gasteiger partial charge in [-0.3, -0.25) is 19.2 Å². The largest absolute Gasteiger partial charge is 0.446 e. The Morgan fingerprint density at radius 1 is 1.02 bits per heavy atom. The van der Waals surface area contributed by atoms with Gasteiger partial charge in [-0.2, -0.15) is 0 Å². The molecule has 1 heterocycles. The Hall–Kier alpha value is -3.89. The van der Waals surface area contributed by atoms with Crippen LogP contribution in [0, 0.1) is 5.92 Å². The third-order valence-electron chi connectivity index (χ3n) is 7.56. The van der Waals surface area contributed by atoms with Crippen molar-refractivity contribution in [2.24, 2.45) is 11.7 Å². The fourth-order valence-corrected chi connectivity index (χ4v) is 5.31. The number of hydrogen-bond acceptors (Lipinski definition) is 7. The van der Waals surface area contributed by atoms with Gasteiger partial charge in [-0.15, -0.1) is 0 Å². The second-order valence-electron chi connectivity index (χ2n) is 11.7. The lowest BCUT2D eigenvalue weighted by atomic mass is 10.0. The van der Waals surface area contributed by atoms with E-state index in [0.717, 1.165) is 31.2 Å². The van der Waals surface area contributed by atoms with Crippen molar-refractivity contribution in [3.05, 3.63) is 48.2 Å². The second-order valence-corrected chi connectivity index (χ2v) is 11.7. The maximum absolute atomic E-state index is 13.4. The number of carbonyl (C=O) groups excluding carboxylic acids is 5. The first-order valence-corrected chi connectivity index (χ1v) is 16.3. The minimum atomic E-state index is -0.776. The molecule has 1 aromatic carbocycles. The molecule has 0 radical (unpaired) electrons. The number of primary amides is 1. The molecule has 1 saturated carbocycles. The lowest BCUT2D eigenvalue weighted by molar-refractivity contribution is -0.140. The number of nitrogens with one attached hydrogen (secondary N) is 3. The number of alkyl carbamates (subject to hydrolysis) is 1. The maximum atomic E-state index is 13.4. The van der Waals surface area contributed by atoms with Gasteiger partial charge >= 0.3 is 6.09 Å². The quantitative estimate of drug-likeness (QED) is 0.236. The van der Waals surface area contributed by atoms with Crippen LogP contribution in [-0.2, 0) is 30.5 Å². The number of rotatable bonds is 13. The van der Waals surface area contributed by atoms with Gasteiger partial charge in [0.2, 0.25) is 18.2 Å². The van der Waals surface area contributed by atoms with Crippen molar-refractivity contribution in [2.45, 2.75) is 123 Å². The molecule has 3 rings (SSSR count). The summed E-state index contributed by atoms with van der Waals surface area (Å²) in [5, 5.41) is 8.76. The Balaban J connectivity index is 0.00000156. The second kappa shape index (κ2) is 21.8. The SMILES string of the molecule is C=C(CC(=O)C(CC)NC(=O)C1C[C@@H](C)CN1C(=O)C(CC)NC(=O)OC1CCCC1)NCc1ccccc1.CCC.NC=O. The van der Waals surface area contributed by atoms with Crippen molar-refractivity contribution in [3.63, 3.8) is 0 Å². The number of nitrogens with two attached hydrogens (primary N) is 1. The van der Waals surface area contributed by atoms with Gasteiger partial charge in [0.15, 0.2) is 5.78 Å². The first-order chi connectivity index (χ1) is 21.5. The molecule has 11 nitrogen and oxygen atoms in total. The molecular weight excluding hydrogens is 574 g/mol. The summed E-state index contributed by atoms with van der Waals surface area (Å²) in [4.78, 5) is 62.3. The molecule has 11 heteroatoms. The summed E-state index contributed by atoms with van der Waals surface area (Å²) in [5.41, 5.74) is 5.84. The molecule has 0 aromatic heterocycles. The number of ketones is 1. The van der Waals surface area contributed by atoms with Crippen molar-refractivity contribution < 1.29 is 28.7 Å². The zero-order chi connectivity index (χ0) is 33.8. The van der Waals surface area contributed by atoms with Crippen LogP contribution in [0.15, 0.2) is 42.6 Å². The van der Waals surface area contributed by atoms with Gasteiger partial charge in [0.1, 0.15) is 18.2 Å². The molecule has 252 valence electrons. The van der Waals surface area contributed by atoms with Crippen LogP contribution < -0.4 is 21.7 Å². The van der Waals surface area contributed by atoms with Crippen LogP contribution in [0.1, 0.15) is 98.0 Å². The van der Waals surface area contributed by atoms with E-state index in [0.29, 0.717) is 38.0 Å². The van der Waals surface area contributed by atoms with E-state index in [-0.39, 0.29) is 42.5 Å². The molecule has 0 bridgehead atoms. The maximum Gasteiger partial charge on any atom is 0.408 e. The van der Waals surface area contributed by atoms with Crippen molar-refractivity contribution in [2.75, 3.05) is 6.54 Å². The number of carbonyl (C=O) groups is 5. The summed E-state index contributed by atoms with van der Waals surface area (Å²) in [7, 11) is 0. The van der Waals surface area contributed by atoms with E-state index in [1.165, 1.54) is 6.42 Å². The fraction of sp³-hybridized carbons (Fsp3) is 0.618. The van der Waals surface area contributed by atoms with Crippen LogP contribution in [-0.4, -0.2) is 65.8 Å². The van der Waals surface area contributed by atoms with Crippen LogP contribution in [0.2, 0.25) is 0 Å². The number of nitrogens with zero attached hydrogens (tertiary/aromatic N) is 1. The highest BCUT2D eigenvalue weighted by atomic mass is 16.6. The van der Waals surface area contributed by atoms with E-state index in [2.05, 4.69) is 42.1 Å². The van der Waals surface area contributed by atoms with Crippen molar-refractivity contribution >= 4 is 30.1 Å². The van der Waals surface area contributed by atoms with Gasteiger partial charge in [-0.25, -0.2) is 4.79 Å². The third kappa shape index (κ3) is 14.2. The standard InChI is InChI=1S/C30H44N4O5.C3H8.CH3NO/c1-5-24(27(35)17-21(4)31-18-22-12-8-7-9-13-22)32-28(36)26-16-20(3)19-34(26)29(37)25(6-2)33-30(38)39-23-14-10-11-15-23;1-3-2;2-1-3/h7-9,12-13,20,23-26,31H,4-6,10-11,14-19H2,1-3H3,(H,32,36)(H,33,38);3H2,1-2H3;1H,(H2,2,3)/t20-,24?,25?,26?;;/m1../s1. The Morgan fingerprint density at radius 2 is 1.60 bits per heavy atom. The van der Waals surface area contributed by atoms with Gasteiger partial charge in [0, 0.05) is 25.2 Å². The van der Waals surface area contributed by atoms with Gasteiger partial charge in [-0.1, -0.05) is 78.0 Å². The molecular formula is C34H55N5O6. The summed E-state index contributed by atoms with van der Waals surface area (Å²) >= 11 is 0. The predicted octanol–water partition coefficient (Wildman–Crippen LogP) is 4.35. The van der Waals surface area contributed by atoms with E-state index >= 15 is 0 Å². The number of hydrogen-bond donors (Lipinski definition) is 4. The molecule has 2 fully saturated rings. The lowest BCUT2D eigenvalue weighted by Gasteiger charge is -2.29. The summed E-state index contributed by atoms with van der Waals surface area (Å²) < 4.78 is 5.47. The number of allylic oxidation sites excluding steroid dienone is 1. The molecule has 1 aromatic rings. The van der Waals surface area contributed by atoms with Crippen LogP contribution in [0.5, 0.6) is 0 Å². The highest BCUT2D eigenvalue weighted by molar-refractivity contribution is 5.95. The average Bonchev–Trinajstić information content (AvgIpc) is 3.68. The summed E-state index contributed by atoms with van der Waals surface area (Å²) in [6, 6.07) is 7.67. The topological polar surface area (TPSA) is 160 Å². The fourth-order valence-electron chi connectivity index (χ4n) is 5.31. The number of benzene rings is 1. The van der Waals surface area contributed by atoms with Crippen LogP contribution in [0.25, 0.3) is 0 Å². The molecule has 4 amide bonds. The van der Waals surface area contributed by atoms with Crippen molar-refractivity contribution in [3.8, 4) is 0 Å². The highest BCUT2D eigenvalue weighted by Crippen LogP contribution is 2.25. The predicted molar refractivity (Wildman–Crippen MR) is 176 cm³/mol. The van der Waals surface area contributed by atoms with E-state index in [1.54, 1.807) is 4.90 Å². The average molecular weight is 630 g/mol. The van der Waals surface area contributed by atoms with E-state index in [4.69, 9.17) is 9.53 Å². The zero-order valence-electron chi connectivity index (χ0n) is 27.8. The highest BCUT2D eigenvalue weighted by Gasteiger charge is 2.41. The summed E-state index contributed by atoms with van der Waals surface area (Å²) in [6.07, 6.45) is 5.98. The normalized spacial score (nSPS) is 18.6. The van der Waals surface area contributed by atoms with Crippen molar-refractivity contribution in [1.29, 1.82) is 0 Å². The third-order valence-corrected chi connectivity index (χ3v) is 7.56. The zero-order valence-corrected chi connectivity index (χ0v) is 27.8.